The molecule has 0 bridgehead atoms. The number of carbonyl (C=O) groups is 2. The quantitative estimate of drug-likeness (QED) is 0.911. The van der Waals surface area contributed by atoms with Crippen molar-refractivity contribution >= 4 is 23.2 Å². The molecular formula is C15H19NO3S. The van der Waals surface area contributed by atoms with Gasteiger partial charge in [0.05, 0.1) is 10.8 Å². The summed E-state index contributed by atoms with van der Waals surface area (Å²) in [6.07, 6.45) is 4.02. The molecule has 0 radical (unpaired) electrons. The van der Waals surface area contributed by atoms with Crippen molar-refractivity contribution in [3.8, 4) is 0 Å². The highest BCUT2D eigenvalue weighted by atomic mass is 32.1. The van der Waals surface area contributed by atoms with E-state index >= 15 is 0 Å². The Morgan fingerprint density at radius 2 is 2.15 bits per heavy atom. The molecule has 0 aromatic carbocycles. The van der Waals surface area contributed by atoms with Gasteiger partial charge in [0.15, 0.2) is 0 Å². The normalized spacial score (nSPS) is 25.6. The first-order chi connectivity index (χ1) is 9.54. The first kappa shape index (κ1) is 13.6. The maximum absolute atomic E-state index is 12.6. The van der Waals surface area contributed by atoms with E-state index in [0.29, 0.717) is 19.5 Å². The molecular weight excluding hydrogens is 274 g/mol. The summed E-state index contributed by atoms with van der Waals surface area (Å²) in [6.45, 7) is 3.04. The fourth-order valence-electron chi connectivity index (χ4n) is 3.29. The van der Waals surface area contributed by atoms with Crippen molar-refractivity contribution in [1.29, 1.82) is 0 Å². The smallest absolute Gasteiger partial charge is 0.308 e. The largest absolute Gasteiger partial charge is 0.481 e. The Labute approximate surface area is 122 Å². The maximum Gasteiger partial charge on any atom is 0.308 e. The molecule has 2 unspecified atom stereocenters. The highest BCUT2D eigenvalue weighted by Gasteiger charge is 2.33. The number of rotatable bonds is 2. The number of piperidine rings is 1. The molecule has 1 aliphatic carbocycles. The van der Waals surface area contributed by atoms with E-state index in [4.69, 9.17) is 0 Å². The molecule has 1 aliphatic heterocycles. The van der Waals surface area contributed by atoms with Crippen LogP contribution in [0.5, 0.6) is 0 Å². The van der Waals surface area contributed by atoms with Gasteiger partial charge in [0.2, 0.25) is 0 Å². The summed E-state index contributed by atoms with van der Waals surface area (Å²) in [5, 5.41) is 9.19. The van der Waals surface area contributed by atoms with Crippen LogP contribution in [0.2, 0.25) is 0 Å². The Balaban J connectivity index is 1.77. The van der Waals surface area contributed by atoms with Crippen molar-refractivity contribution in [1.82, 2.24) is 4.90 Å². The number of carbonyl (C=O) groups excluding carboxylic acids is 1. The monoisotopic (exact) mass is 293 g/mol. The van der Waals surface area contributed by atoms with Gasteiger partial charge in [-0.15, -0.1) is 11.3 Å². The van der Waals surface area contributed by atoms with E-state index in [1.165, 1.54) is 16.9 Å². The van der Waals surface area contributed by atoms with Crippen LogP contribution in [0.4, 0.5) is 0 Å². The molecule has 0 spiro atoms. The minimum Gasteiger partial charge on any atom is -0.481 e. The summed E-state index contributed by atoms with van der Waals surface area (Å²) in [7, 11) is 0. The van der Waals surface area contributed by atoms with Crippen LogP contribution in [0.25, 0.3) is 0 Å². The van der Waals surface area contributed by atoms with E-state index in [2.05, 4.69) is 0 Å². The number of thiophene rings is 1. The lowest BCUT2D eigenvalue weighted by molar-refractivity contribution is -0.143. The third kappa shape index (κ3) is 2.46. The molecule has 1 aromatic heterocycles. The second kappa shape index (κ2) is 5.20. The Morgan fingerprint density at radius 1 is 1.35 bits per heavy atom. The van der Waals surface area contributed by atoms with Gasteiger partial charge in [-0.1, -0.05) is 6.92 Å². The fourth-order valence-corrected chi connectivity index (χ4v) is 4.51. The SMILES string of the molecule is CC1CC(C(=O)O)CN(C(=O)c2cc3c(s2)CCC3)C1. The molecule has 3 rings (SSSR count). The standard InChI is InChI=1S/C15H19NO3S/c1-9-5-11(15(18)19)8-16(7-9)14(17)13-6-10-3-2-4-12(10)20-13/h6,9,11H,2-5,7-8H2,1H3,(H,18,19). The van der Waals surface area contributed by atoms with E-state index in [9.17, 15) is 14.7 Å². The first-order valence-electron chi connectivity index (χ1n) is 7.18. The number of aryl methyl sites for hydroxylation is 2. The van der Waals surface area contributed by atoms with Crippen LogP contribution in [0.15, 0.2) is 6.07 Å². The third-order valence-electron chi connectivity index (χ3n) is 4.25. The molecule has 0 saturated carbocycles. The maximum atomic E-state index is 12.6. The number of aliphatic carboxylic acids is 1. The molecule has 5 heteroatoms. The Kier molecular flexibility index (Phi) is 3.54. The zero-order chi connectivity index (χ0) is 14.3. The summed E-state index contributed by atoms with van der Waals surface area (Å²) >= 11 is 1.60. The van der Waals surface area contributed by atoms with Crippen molar-refractivity contribution in [3.05, 3.63) is 21.4 Å². The number of amides is 1. The zero-order valence-corrected chi connectivity index (χ0v) is 12.4. The van der Waals surface area contributed by atoms with E-state index in [0.717, 1.165) is 17.7 Å². The topological polar surface area (TPSA) is 57.6 Å². The lowest BCUT2D eigenvalue weighted by Gasteiger charge is -2.34. The average Bonchev–Trinajstić information content (AvgIpc) is 2.97. The number of likely N-dealkylation sites (tertiary alicyclic amines) is 1. The van der Waals surface area contributed by atoms with Crippen molar-refractivity contribution in [2.45, 2.75) is 32.6 Å². The van der Waals surface area contributed by atoms with Crippen molar-refractivity contribution in [2.24, 2.45) is 11.8 Å². The van der Waals surface area contributed by atoms with Crippen LogP contribution in [-0.2, 0) is 17.6 Å². The highest BCUT2D eigenvalue weighted by Crippen LogP contribution is 2.32. The van der Waals surface area contributed by atoms with E-state index in [1.54, 1.807) is 16.2 Å². The van der Waals surface area contributed by atoms with Crippen LogP contribution in [0.1, 0.15) is 39.9 Å². The third-order valence-corrected chi connectivity index (χ3v) is 5.48. The molecule has 2 atom stereocenters. The first-order valence-corrected chi connectivity index (χ1v) is 8.00. The van der Waals surface area contributed by atoms with Gasteiger partial charge in [-0.3, -0.25) is 9.59 Å². The summed E-state index contributed by atoms with van der Waals surface area (Å²) in [5.41, 5.74) is 1.32. The Hall–Kier alpha value is -1.36. The van der Waals surface area contributed by atoms with Gasteiger partial charge in [-0.25, -0.2) is 0 Å². The molecule has 108 valence electrons. The van der Waals surface area contributed by atoms with E-state index in [1.807, 2.05) is 13.0 Å². The number of hydrogen-bond donors (Lipinski definition) is 1. The van der Waals surface area contributed by atoms with Gasteiger partial charge in [0, 0.05) is 18.0 Å². The van der Waals surface area contributed by atoms with Crippen LogP contribution >= 0.6 is 11.3 Å². The minimum absolute atomic E-state index is 0.0159. The average molecular weight is 293 g/mol. The molecule has 1 N–H and O–H groups in total. The van der Waals surface area contributed by atoms with E-state index < -0.39 is 11.9 Å². The molecule has 1 amide bonds. The number of carboxylic acid groups (broad SMARTS) is 1. The molecule has 1 fully saturated rings. The van der Waals surface area contributed by atoms with Gasteiger partial charge in [0.1, 0.15) is 0 Å². The lowest BCUT2D eigenvalue weighted by atomic mass is 9.90. The fraction of sp³-hybridized carbons (Fsp3) is 0.600. The van der Waals surface area contributed by atoms with Crippen molar-refractivity contribution < 1.29 is 14.7 Å². The number of hydrogen-bond acceptors (Lipinski definition) is 3. The zero-order valence-electron chi connectivity index (χ0n) is 11.6. The van der Waals surface area contributed by atoms with Gasteiger partial charge in [0.25, 0.3) is 5.91 Å². The predicted molar refractivity (Wildman–Crippen MR) is 77.2 cm³/mol. The predicted octanol–water partition coefficient (Wildman–Crippen LogP) is 2.42. The molecule has 2 aliphatic rings. The lowest BCUT2D eigenvalue weighted by Crippen LogP contribution is -2.45. The number of fused-ring (bicyclic) bond motifs is 1. The van der Waals surface area contributed by atoms with Crippen LogP contribution in [-0.4, -0.2) is 35.0 Å². The number of carboxylic acids is 1. The Morgan fingerprint density at radius 3 is 2.85 bits per heavy atom. The molecule has 1 saturated heterocycles. The van der Waals surface area contributed by atoms with Crippen LogP contribution in [0, 0.1) is 11.8 Å². The number of nitrogens with zero attached hydrogens (tertiary/aromatic N) is 1. The summed E-state index contributed by atoms with van der Waals surface area (Å²) in [4.78, 5) is 27.6. The van der Waals surface area contributed by atoms with Crippen molar-refractivity contribution in [2.75, 3.05) is 13.1 Å². The van der Waals surface area contributed by atoms with Crippen molar-refractivity contribution in [3.63, 3.8) is 0 Å². The van der Waals surface area contributed by atoms with Gasteiger partial charge in [-0.2, -0.15) is 0 Å². The van der Waals surface area contributed by atoms with Gasteiger partial charge >= 0.3 is 5.97 Å². The molecule has 4 nitrogen and oxygen atoms in total. The minimum atomic E-state index is -0.789. The van der Waals surface area contributed by atoms with Gasteiger partial charge in [-0.05, 0) is 43.2 Å². The second-order valence-electron chi connectivity index (χ2n) is 6.00. The molecule has 2 heterocycles. The summed E-state index contributed by atoms with van der Waals surface area (Å²) < 4.78 is 0. The molecule has 1 aromatic rings. The van der Waals surface area contributed by atoms with Crippen LogP contribution < -0.4 is 0 Å². The summed E-state index contributed by atoms with van der Waals surface area (Å²) in [6, 6.07) is 2.02. The highest BCUT2D eigenvalue weighted by molar-refractivity contribution is 7.14. The second-order valence-corrected chi connectivity index (χ2v) is 7.14. The van der Waals surface area contributed by atoms with Crippen LogP contribution in [0.3, 0.4) is 0 Å². The van der Waals surface area contributed by atoms with Gasteiger partial charge < -0.3 is 10.0 Å². The Bertz CT molecular complexity index is 530. The van der Waals surface area contributed by atoms with E-state index in [-0.39, 0.29) is 11.8 Å². The summed E-state index contributed by atoms with van der Waals surface area (Å²) in [5.74, 6) is -0.944. The molecule has 20 heavy (non-hydrogen) atoms.